The number of nitrogens with one attached hydrogen (secondary N) is 1. The van der Waals surface area contributed by atoms with Crippen molar-refractivity contribution in [3.05, 3.63) is 0 Å². The van der Waals surface area contributed by atoms with E-state index in [1.807, 2.05) is 20.9 Å². The summed E-state index contributed by atoms with van der Waals surface area (Å²) in [6.07, 6.45) is 5.65. The maximum atomic E-state index is 12.5. The van der Waals surface area contributed by atoms with Gasteiger partial charge in [-0.15, -0.1) is 0 Å². The Morgan fingerprint density at radius 2 is 1.65 bits per heavy atom. The third-order valence-corrected chi connectivity index (χ3v) is 4.56. The highest BCUT2D eigenvalue weighted by Gasteiger charge is 2.29. The highest BCUT2D eigenvalue weighted by Crippen LogP contribution is 2.21. The summed E-state index contributed by atoms with van der Waals surface area (Å²) in [4.78, 5) is 39.4. The SMILES string of the molecule is CC(=O)N[C@@H](C(=O)N(C)CC(=O)N(C)C1CCCCC1)C(C)C. The molecule has 1 saturated carbocycles. The summed E-state index contributed by atoms with van der Waals surface area (Å²) >= 11 is 0. The summed E-state index contributed by atoms with van der Waals surface area (Å²) in [5.74, 6) is -0.533. The molecule has 1 rings (SSSR count). The Morgan fingerprint density at radius 3 is 2.13 bits per heavy atom. The van der Waals surface area contributed by atoms with Gasteiger partial charge in [-0.05, 0) is 18.8 Å². The molecule has 3 amide bonds. The van der Waals surface area contributed by atoms with Gasteiger partial charge in [0.2, 0.25) is 17.7 Å². The van der Waals surface area contributed by atoms with Crippen LogP contribution in [0.1, 0.15) is 52.9 Å². The first-order valence-electron chi connectivity index (χ1n) is 8.51. The van der Waals surface area contributed by atoms with E-state index in [4.69, 9.17) is 0 Å². The van der Waals surface area contributed by atoms with E-state index in [2.05, 4.69) is 5.32 Å². The predicted molar refractivity (Wildman–Crippen MR) is 89.7 cm³/mol. The lowest BCUT2D eigenvalue weighted by Gasteiger charge is -2.33. The fourth-order valence-corrected chi connectivity index (χ4v) is 3.03. The second-order valence-electron chi connectivity index (χ2n) is 6.91. The molecule has 1 atom stereocenters. The molecule has 0 unspecified atom stereocenters. The molecule has 1 N–H and O–H groups in total. The standard InChI is InChI=1S/C17H31N3O3/c1-12(2)16(18-13(3)21)17(23)19(4)11-15(22)20(5)14-9-7-6-8-10-14/h12,14,16H,6-11H2,1-5H3,(H,18,21)/t16-/m1/s1. The van der Waals surface area contributed by atoms with Crippen LogP contribution in [0.25, 0.3) is 0 Å². The van der Waals surface area contributed by atoms with Crippen molar-refractivity contribution in [3.8, 4) is 0 Å². The minimum absolute atomic E-state index is 0.0278. The number of hydrogen-bond acceptors (Lipinski definition) is 3. The summed E-state index contributed by atoms with van der Waals surface area (Å²) < 4.78 is 0. The molecule has 0 bridgehead atoms. The first-order valence-corrected chi connectivity index (χ1v) is 8.51. The van der Waals surface area contributed by atoms with Crippen molar-refractivity contribution in [1.29, 1.82) is 0 Å². The smallest absolute Gasteiger partial charge is 0.245 e. The van der Waals surface area contributed by atoms with Crippen LogP contribution >= 0.6 is 0 Å². The summed E-state index contributed by atoms with van der Waals surface area (Å²) in [6.45, 7) is 5.20. The summed E-state index contributed by atoms with van der Waals surface area (Å²) in [6, 6.07) is -0.304. The van der Waals surface area contributed by atoms with Crippen LogP contribution < -0.4 is 5.32 Å². The molecule has 0 aromatic carbocycles. The van der Waals surface area contributed by atoms with Crippen molar-refractivity contribution >= 4 is 17.7 Å². The molecule has 0 spiro atoms. The molecule has 6 heteroatoms. The van der Waals surface area contributed by atoms with Crippen LogP contribution in [-0.2, 0) is 14.4 Å². The van der Waals surface area contributed by atoms with Gasteiger partial charge in [0, 0.05) is 27.1 Å². The summed E-state index contributed by atoms with van der Waals surface area (Å²) in [5.41, 5.74) is 0. The fourth-order valence-electron chi connectivity index (χ4n) is 3.03. The largest absolute Gasteiger partial charge is 0.344 e. The second-order valence-corrected chi connectivity index (χ2v) is 6.91. The summed E-state index contributed by atoms with van der Waals surface area (Å²) in [7, 11) is 3.44. The van der Waals surface area contributed by atoms with Crippen molar-refractivity contribution in [1.82, 2.24) is 15.1 Å². The zero-order chi connectivity index (χ0) is 17.6. The molecule has 1 fully saturated rings. The number of likely N-dealkylation sites (N-methyl/N-ethyl adjacent to an activating group) is 2. The minimum Gasteiger partial charge on any atom is -0.344 e. The highest BCUT2D eigenvalue weighted by molar-refractivity contribution is 5.90. The zero-order valence-electron chi connectivity index (χ0n) is 15.1. The van der Waals surface area contributed by atoms with E-state index >= 15 is 0 Å². The quantitative estimate of drug-likeness (QED) is 0.802. The Bertz CT molecular complexity index is 431. The van der Waals surface area contributed by atoms with Gasteiger partial charge in [0.05, 0.1) is 6.54 Å². The lowest BCUT2D eigenvalue weighted by atomic mass is 9.94. The van der Waals surface area contributed by atoms with Crippen LogP contribution in [0.3, 0.4) is 0 Å². The van der Waals surface area contributed by atoms with Gasteiger partial charge in [-0.2, -0.15) is 0 Å². The Labute approximate surface area is 139 Å². The number of carbonyl (C=O) groups is 3. The average molecular weight is 325 g/mol. The lowest BCUT2D eigenvalue weighted by molar-refractivity contribution is -0.142. The molecule has 6 nitrogen and oxygen atoms in total. The van der Waals surface area contributed by atoms with E-state index < -0.39 is 6.04 Å². The molecular formula is C17H31N3O3. The Kier molecular flexibility index (Phi) is 7.52. The Morgan fingerprint density at radius 1 is 1.09 bits per heavy atom. The molecule has 0 saturated heterocycles. The summed E-state index contributed by atoms with van der Waals surface area (Å²) in [5, 5.41) is 2.67. The van der Waals surface area contributed by atoms with Gasteiger partial charge in [-0.1, -0.05) is 33.1 Å². The van der Waals surface area contributed by atoms with Gasteiger partial charge in [0.25, 0.3) is 0 Å². The predicted octanol–water partition coefficient (Wildman–Crippen LogP) is 1.40. The van der Waals surface area contributed by atoms with Crippen molar-refractivity contribution in [2.45, 2.75) is 65.0 Å². The van der Waals surface area contributed by atoms with E-state index in [0.29, 0.717) is 0 Å². The topological polar surface area (TPSA) is 69.7 Å². The molecule has 1 aliphatic carbocycles. The van der Waals surface area contributed by atoms with Gasteiger partial charge in [0.15, 0.2) is 0 Å². The molecule has 0 aromatic rings. The molecular weight excluding hydrogens is 294 g/mol. The minimum atomic E-state index is -0.592. The number of hydrogen-bond donors (Lipinski definition) is 1. The number of carbonyl (C=O) groups excluding carboxylic acids is 3. The molecule has 1 aliphatic rings. The van der Waals surface area contributed by atoms with Gasteiger partial charge >= 0.3 is 0 Å². The maximum absolute atomic E-state index is 12.5. The maximum Gasteiger partial charge on any atom is 0.245 e. The van der Waals surface area contributed by atoms with Crippen molar-refractivity contribution in [2.24, 2.45) is 5.92 Å². The van der Waals surface area contributed by atoms with Crippen molar-refractivity contribution in [3.63, 3.8) is 0 Å². The van der Waals surface area contributed by atoms with Crippen molar-refractivity contribution < 1.29 is 14.4 Å². The van der Waals surface area contributed by atoms with E-state index in [-0.39, 0.29) is 36.2 Å². The molecule has 0 aliphatic heterocycles. The number of nitrogens with zero attached hydrogens (tertiary/aromatic N) is 2. The van der Waals surface area contributed by atoms with Gasteiger partial charge in [-0.25, -0.2) is 0 Å². The van der Waals surface area contributed by atoms with Gasteiger partial charge in [0.1, 0.15) is 6.04 Å². The van der Waals surface area contributed by atoms with Gasteiger partial charge in [-0.3, -0.25) is 14.4 Å². The number of rotatable bonds is 6. The first kappa shape index (κ1) is 19.5. The number of amides is 3. The van der Waals surface area contributed by atoms with E-state index in [1.165, 1.54) is 18.2 Å². The van der Waals surface area contributed by atoms with Crippen LogP contribution in [0.5, 0.6) is 0 Å². The monoisotopic (exact) mass is 325 g/mol. The van der Waals surface area contributed by atoms with Crippen LogP contribution in [0, 0.1) is 5.92 Å². The Hall–Kier alpha value is -1.59. The van der Waals surface area contributed by atoms with E-state index in [0.717, 1.165) is 25.7 Å². The third-order valence-electron chi connectivity index (χ3n) is 4.56. The zero-order valence-corrected chi connectivity index (χ0v) is 15.1. The van der Waals surface area contributed by atoms with Crippen LogP contribution in [0.2, 0.25) is 0 Å². The second kappa shape index (κ2) is 8.89. The molecule has 0 aromatic heterocycles. The Balaban J connectivity index is 2.61. The van der Waals surface area contributed by atoms with Crippen LogP contribution in [-0.4, -0.2) is 60.2 Å². The average Bonchev–Trinajstić information content (AvgIpc) is 2.51. The fraction of sp³-hybridized carbons (Fsp3) is 0.824. The third kappa shape index (κ3) is 5.84. The van der Waals surface area contributed by atoms with Crippen molar-refractivity contribution in [2.75, 3.05) is 20.6 Å². The van der Waals surface area contributed by atoms with E-state index in [1.54, 1.807) is 11.9 Å². The van der Waals surface area contributed by atoms with Crippen LogP contribution in [0.4, 0.5) is 0 Å². The molecule has 0 heterocycles. The normalized spacial score (nSPS) is 16.8. The molecule has 23 heavy (non-hydrogen) atoms. The first-order chi connectivity index (χ1) is 10.7. The highest BCUT2D eigenvalue weighted by atomic mass is 16.2. The van der Waals surface area contributed by atoms with E-state index in [9.17, 15) is 14.4 Å². The molecule has 132 valence electrons. The van der Waals surface area contributed by atoms with Crippen LogP contribution in [0.15, 0.2) is 0 Å². The molecule has 0 radical (unpaired) electrons. The van der Waals surface area contributed by atoms with Gasteiger partial charge < -0.3 is 15.1 Å². The lowest BCUT2D eigenvalue weighted by Crippen LogP contribution is -2.52.